The Morgan fingerprint density at radius 3 is 2.52 bits per heavy atom. The standard InChI is InChI=1S/C25H28N4OS/c1-3-19-6-4-5-7-22(19)28-24(30)20-12-16-29(17-13-20)23-25(27-15-14-26-23)31-21-10-8-18(2)9-11-21/h4-11,14-15,20H,3,12-13,16-17H2,1-2H3,(H,28,30). The van der Waals surface area contributed by atoms with Gasteiger partial charge in [-0.15, -0.1) is 0 Å². The van der Waals surface area contributed by atoms with Gasteiger partial charge < -0.3 is 10.2 Å². The summed E-state index contributed by atoms with van der Waals surface area (Å²) >= 11 is 1.63. The monoisotopic (exact) mass is 432 g/mol. The molecule has 3 aromatic rings. The zero-order valence-corrected chi connectivity index (χ0v) is 18.9. The Bertz CT molecular complexity index is 1030. The molecule has 1 amide bonds. The van der Waals surface area contributed by atoms with Crippen molar-refractivity contribution in [2.24, 2.45) is 5.92 Å². The first-order chi connectivity index (χ1) is 15.1. The smallest absolute Gasteiger partial charge is 0.227 e. The van der Waals surface area contributed by atoms with Crippen molar-refractivity contribution in [3.8, 4) is 0 Å². The van der Waals surface area contributed by atoms with E-state index in [0.29, 0.717) is 0 Å². The molecule has 0 atom stereocenters. The van der Waals surface area contributed by atoms with Crippen LogP contribution in [0.5, 0.6) is 0 Å². The zero-order chi connectivity index (χ0) is 21.6. The second-order valence-corrected chi connectivity index (χ2v) is 8.92. The number of para-hydroxylation sites is 1. The van der Waals surface area contributed by atoms with E-state index in [1.54, 1.807) is 24.2 Å². The summed E-state index contributed by atoms with van der Waals surface area (Å²) in [6.45, 7) is 5.79. The molecule has 6 heteroatoms. The highest BCUT2D eigenvalue weighted by atomic mass is 32.2. The molecule has 0 spiro atoms. The number of hydrogen-bond donors (Lipinski definition) is 1. The lowest BCUT2D eigenvalue weighted by molar-refractivity contribution is -0.120. The third-order valence-corrected chi connectivity index (χ3v) is 6.69. The van der Waals surface area contributed by atoms with E-state index in [1.165, 1.54) is 11.1 Å². The summed E-state index contributed by atoms with van der Waals surface area (Å²) in [6.07, 6.45) is 6.01. The fraction of sp³-hybridized carbons (Fsp3) is 0.320. The highest BCUT2D eigenvalue weighted by Crippen LogP contribution is 2.34. The Morgan fingerprint density at radius 1 is 1.06 bits per heavy atom. The molecule has 0 radical (unpaired) electrons. The lowest BCUT2D eigenvalue weighted by Crippen LogP contribution is -2.39. The second-order valence-electron chi connectivity index (χ2n) is 7.86. The van der Waals surface area contributed by atoms with Crippen LogP contribution in [0.25, 0.3) is 0 Å². The van der Waals surface area contributed by atoms with Crippen molar-refractivity contribution in [1.29, 1.82) is 0 Å². The maximum absolute atomic E-state index is 12.9. The number of aromatic nitrogens is 2. The van der Waals surface area contributed by atoms with Gasteiger partial charge in [0, 0.05) is 42.0 Å². The van der Waals surface area contributed by atoms with Gasteiger partial charge in [0.2, 0.25) is 5.91 Å². The van der Waals surface area contributed by atoms with Crippen molar-refractivity contribution >= 4 is 29.2 Å². The summed E-state index contributed by atoms with van der Waals surface area (Å²) in [6, 6.07) is 16.5. The molecule has 5 nitrogen and oxygen atoms in total. The van der Waals surface area contributed by atoms with Crippen molar-refractivity contribution in [2.75, 3.05) is 23.3 Å². The van der Waals surface area contributed by atoms with E-state index in [2.05, 4.69) is 64.4 Å². The number of carbonyl (C=O) groups excluding carboxylic acids is 1. The van der Waals surface area contributed by atoms with Gasteiger partial charge in [-0.05, 0) is 49.9 Å². The van der Waals surface area contributed by atoms with Crippen LogP contribution in [0.1, 0.15) is 30.9 Å². The zero-order valence-electron chi connectivity index (χ0n) is 18.0. The molecule has 1 fully saturated rings. The Morgan fingerprint density at radius 2 is 1.77 bits per heavy atom. The van der Waals surface area contributed by atoms with Gasteiger partial charge >= 0.3 is 0 Å². The summed E-state index contributed by atoms with van der Waals surface area (Å²) in [4.78, 5) is 25.5. The topological polar surface area (TPSA) is 58.1 Å². The second kappa shape index (κ2) is 9.96. The number of nitrogens with one attached hydrogen (secondary N) is 1. The number of aryl methyl sites for hydroxylation is 2. The van der Waals surface area contributed by atoms with Gasteiger partial charge in [-0.25, -0.2) is 9.97 Å². The lowest BCUT2D eigenvalue weighted by atomic mass is 9.95. The fourth-order valence-electron chi connectivity index (χ4n) is 3.86. The van der Waals surface area contributed by atoms with Crippen LogP contribution in [0.3, 0.4) is 0 Å². The molecule has 4 rings (SSSR count). The van der Waals surface area contributed by atoms with Gasteiger partial charge in [-0.1, -0.05) is 54.6 Å². The van der Waals surface area contributed by atoms with Gasteiger partial charge in [0.25, 0.3) is 0 Å². The average molecular weight is 433 g/mol. The normalized spacial score (nSPS) is 14.5. The minimum absolute atomic E-state index is 0.0195. The molecule has 1 aromatic heterocycles. The Hall–Kier alpha value is -2.86. The largest absolute Gasteiger partial charge is 0.354 e. The van der Waals surface area contributed by atoms with E-state index in [0.717, 1.165) is 53.8 Å². The SMILES string of the molecule is CCc1ccccc1NC(=O)C1CCN(c2nccnc2Sc2ccc(C)cc2)CC1. The molecule has 0 bridgehead atoms. The van der Waals surface area contributed by atoms with E-state index in [4.69, 9.17) is 0 Å². The van der Waals surface area contributed by atoms with Crippen molar-refractivity contribution in [3.63, 3.8) is 0 Å². The highest BCUT2D eigenvalue weighted by molar-refractivity contribution is 7.99. The molecule has 1 aliphatic heterocycles. The minimum atomic E-state index is 0.0195. The summed E-state index contributed by atoms with van der Waals surface area (Å²) in [7, 11) is 0. The van der Waals surface area contributed by atoms with Crippen LogP contribution in [-0.4, -0.2) is 29.0 Å². The Balaban J connectivity index is 1.40. The Kier molecular flexibility index (Phi) is 6.87. The minimum Gasteiger partial charge on any atom is -0.354 e. The summed E-state index contributed by atoms with van der Waals surface area (Å²) in [5.74, 6) is 1.04. The van der Waals surface area contributed by atoms with Crippen LogP contribution in [-0.2, 0) is 11.2 Å². The van der Waals surface area contributed by atoms with E-state index < -0.39 is 0 Å². The number of hydrogen-bond acceptors (Lipinski definition) is 5. The van der Waals surface area contributed by atoms with Gasteiger partial charge in [-0.3, -0.25) is 4.79 Å². The molecule has 0 saturated carbocycles. The van der Waals surface area contributed by atoms with Crippen molar-refractivity contribution in [1.82, 2.24) is 9.97 Å². The number of amides is 1. The van der Waals surface area contributed by atoms with Gasteiger partial charge in [-0.2, -0.15) is 0 Å². The number of anilines is 2. The fourth-order valence-corrected chi connectivity index (χ4v) is 4.75. The van der Waals surface area contributed by atoms with E-state index in [9.17, 15) is 4.79 Å². The summed E-state index contributed by atoms with van der Waals surface area (Å²) < 4.78 is 0. The first kappa shape index (κ1) is 21.4. The third-order valence-electron chi connectivity index (χ3n) is 5.70. The van der Waals surface area contributed by atoms with Crippen LogP contribution in [0, 0.1) is 12.8 Å². The van der Waals surface area contributed by atoms with Crippen LogP contribution < -0.4 is 10.2 Å². The average Bonchev–Trinajstić information content (AvgIpc) is 2.81. The molecule has 1 saturated heterocycles. The van der Waals surface area contributed by atoms with Crippen molar-refractivity contribution < 1.29 is 4.79 Å². The van der Waals surface area contributed by atoms with Crippen LogP contribution in [0.4, 0.5) is 11.5 Å². The number of carbonyl (C=O) groups is 1. The first-order valence-corrected chi connectivity index (χ1v) is 11.6. The van der Waals surface area contributed by atoms with Crippen LogP contribution in [0.15, 0.2) is 70.8 Å². The van der Waals surface area contributed by atoms with E-state index >= 15 is 0 Å². The molecule has 2 heterocycles. The van der Waals surface area contributed by atoms with E-state index in [-0.39, 0.29) is 11.8 Å². The van der Waals surface area contributed by atoms with Crippen LogP contribution >= 0.6 is 11.8 Å². The first-order valence-electron chi connectivity index (χ1n) is 10.8. The molecule has 1 N–H and O–H groups in total. The van der Waals surface area contributed by atoms with Crippen LogP contribution in [0.2, 0.25) is 0 Å². The molecule has 31 heavy (non-hydrogen) atoms. The molecule has 2 aromatic carbocycles. The highest BCUT2D eigenvalue weighted by Gasteiger charge is 2.27. The lowest BCUT2D eigenvalue weighted by Gasteiger charge is -2.32. The third kappa shape index (κ3) is 5.25. The maximum Gasteiger partial charge on any atom is 0.227 e. The number of rotatable bonds is 6. The predicted molar refractivity (Wildman–Crippen MR) is 127 cm³/mol. The predicted octanol–water partition coefficient (Wildman–Crippen LogP) is 5.35. The number of piperidine rings is 1. The summed E-state index contributed by atoms with van der Waals surface area (Å²) in [5, 5.41) is 4.05. The van der Waals surface area contributed by atoms with Crippen molar-refractivity contribution in [3.05, 3.63) is 72.1 Å². The quantitative estimate of drug-likeness (QED) is 0.569. The summed E-state index contributed by atoms with van der Waals surface area (Å²) in [5.41, 5.74) is 3.35. The maximum atomic E-state index is 12.9. The molecular weight excluding hydrogens is 404 g/mol. The molecule has 0 unspecified atom stereocenters. The number of nitrogens with zero attached hydrogens (tertiary/aromatic N) is 3. The van der Waals surface area contributed by atoms with Gasteiger partial charge in [0.15, 0.2) is 5.82 Å². The van der Waals surface area contributed by atoms with Gasteiger partial charge in [0.05, 0.1) is 0 Å². The number of benzene rings is 2. The van der Waals surface area contributed by atoms with E-state index in [1.807, 2.05) is 18.2 Å². The van der Waals surface area contributed by atoms with Crippen molar-refractivity contribution in [2.45, 2.75) is 43.0 Å². The van der Waals surface area contributed by atoms with Gasteiger partial charge in [0.1, 0.15) is 5.03 Å². The molecule has 1 aliphatic rings. The molecule has 0 aliphatic carbocycles. The molecular formula is C25H28N4OS. The Labute approximate surface area is 188 Å². The molecule has 160 valence electrons.